The van der Waals surface area contributed by atoms with Crippen LogP contribution in [0.2, 0.25) is 18.1 Å². The Hall–Kier alpha value is -0.573. The van der Waals surface area contributed by atoms with Crippen molar-refractivity contribution in [2.24, 2.45) is 0 Å². The molecule has 0 aromatic heterocycles. The van der Waals surface area contributed by atoms with Crippen molar-refractivity contribution in [3.8, 4) is 0 Å². The minimum Gasteiger partial charge on any atom is -0.514 e. The summed E-state index contributed by atoms with van der Waals surface area (Å²) in [7, 11) is -9.11. The van der Waals surface area contributed by atoms with Gasteiger partial charge in [-0.3, -0.25) is 0 Å². The zero-order chi connectivity index (χ0) is 16.0. The second kappa shape index (κ2) is 7.44. The minimum atomic E-state index is -6.30. The highest BCUT2D eigenvalue weighted by Crippen LogP contribution is 2.32. The third-order valence-corrected chi connectivity index (χ3v) is 8.60. The molecule has 0 saturated heterocycles. The topological polar surface area (TPSA) is 60.4 Å². The van der Waals surface area contributed by atoms with Gasteiger partial charge < -0.3 is 4.43 Å². The van der Waals surface area contributed by atoms with Crippen molar-refractivity contribution in [3.05, 3.63) is 0 Å². The molecule has 0 aliphatic rings. The average molecular weight is 334 g/mol. The lowest BCUT2D eigenvalue weighted by atomic mass is 10.6. The van der Waals surface area contributed by atoms with Crippen LogP contribution in [-0.2, 0) is 19.4 Å². The highest BCUT2D eigenvalue weighted by atomic mass is 32.3. The maximum absolute atomic E-state index is 13.2. The number of halogens is 3. The van der Waals surface area contributed by atoms with E-state index >= 15 is 0 Å². The number of carbonyl (C=O) groups is 1. The summed E-state index contributed by atoms with van der Waals surface area (Å²) in [5.41, 5.74) is 0. The predicted octanol–water partition coefficient (Wildman–Crippen LogP) is 3.60. The van der Waals surface area contributed by atoms with Gasteiger partial charge in [0.25, 0.3) is 8.32 Å². The lowest BCUT2D eigenvalue weighted by Crippen LogP contribution is -2.47. The van der Waals surface area contributed by atoms with Gasteiger partial charge in [-0.2, -0.15) is 17.2 Å². The molecule has 20 heavy (non-hydrogen) atoms. The standard InChI is InChI=1S/C11H21F3O4SSi/c1-4-7-20(8-5-2,9-6-3)18-10(15)11(12,13)19(14,16)17/h4-9H2,1-3H3. The van der Waals surface area contributed by atoms with Crippen LogP contribution in [0.4, 0.5) is 12.7 Å². The SMILES string of the molecule is CCC[Si](CCC)(CCC)OC(=O)C(F)(F)S(=O)(=O)F. The van der Waals surface area contributed by atoms with Gasteiger partial charge in [0.1, 0.15) is 0 Å². The van der Waals surface area contributed by atoms with Crippen LogP contribution >= 0.6 is 0 Å². The van der Waals surface area contributed by atoms with E-state index in [-0.39, 0.29) is 0 Å². The molecule has 0 rings (SSSR count). The molecular formula is C11H21F3O4SSi. The molecule has 0 atom stereocenters. The second-order valence-electron chi connectivity index (χ2n) is 4.78. The molecule has 0 heterocycles. The summed E-state index contributed by atoms with van der Waals surface area (Å²) in [6, 6.07) is 1.38. The fraction of sp³-hybridized carbons (Fsp3) is 0.909. The average Bonchev–Trinajstić information content (AvgIpc) is 2.28. The van der Waals surface area contributed by atoms with Gasteiger partial charge in [0, 0.05) is 0 Å². The summed E-state index contributed by atoms with van der Waals surface area (Å²) < 4.78 is 64.4. The first-order valence-corrected chi connectivity index (χ1v) is 10.5. The van der Waals surface area contributed by atoms with Crippen molar-refractivity contribution in [1.82, 2.24) is 0 Å². The first-order valence-electron chi connectivity index (χ1n) is 6.61. The molecule has 0 fully saturated rings. The maximum atomic E-state index is 13.2. The number of carbonyl (C=O) groups excluding carboxylic acids is 1. The minimum absolute atomic E-state index is 0.461. The highest BCUT2D eigenvalue weighted by Gasteiger charge is 2.57. The number of rotatable bonds is 9. The van der Waals surface area contributed by atoms with Crippen molar-refractivity contribution in [3.63, 3.8) is 0 Å². The van der Waals surface area contributed by atoms with Crippen LogP contribution in [-0.4, -0.2) is 28.0 Å². The molecule has 0 bridgehead atoms. The monoisotopic (exact) mass is 334 g/mol. The molecule has 9 heteroatoms. The molecule has 0 aromatic carbocycles. The van der Waals surface area contributed by atoms with Gasteiger partial charge in [-0.05, 0) is 18.1 Å². The first kappa shape index (κ1) is 19.4. The fourth-order valence-electron chi connectivity index (χ4n) is 2.25. The Morgan fingerprint density at radius 1 is 1.05 bits per heavy atom. The molecule has 0 aromatic rings. The first-order chi connectivity index (χ1) is 9.06. The van der Waals surface area contributed by atoms with E-state index in [1.807, 2.05) is 20.8 Å². The molecule has 0 aliphatic heterocycles. The summed E-state index contributed by atoms with van der Waals surface area (Å²) in [4.78, 5) is 11.4. The summed E-state index contributed by atoms with van der Waals surface area (Å²) in [5, 5.41) is -5.12. The zero-order valence-corrected chi connectivity index (χ0v) is 13.7. The highest BCUT2D eigenvalue weighted by molar-refractivity contribution is 7.88. The van der Waals surface area contributed by atoms with E-state index in [0.29, 0.717) is 37.4 Å². The Balaban J connectivity index is 5.30. The van der Waals surface area contributed by atoms with E-state index in [1.165, 1.54) is 0 Å². The summed E-state index contributed by atoms with van der Waals surface area (Å²) in [6.45, 7) is 5.47. The van der Waals surface area contributed by atoms with Crippen molar-refractivity contribution in [2.45, 2.75) is 63.4 Å². The largest absolute Gasteiger partial charge is 0.514 e. The van der Waals surface area contributed by atoms with Crippen LogP contribution in [0.15, 0.2) is 0 Å². The van der Waals surface area contributed by atoms with Gasteiger partial charge in [0.2, 0.25) is 0 Å². The van der Waals surface area contributed by atoms with Gasteiger partial charge in [-0.1, -0.05) is 43.9 Å². The molecule has 4 nitrogen and oxygen atoms in total. The normalized spacial score (nSPS) is 13.3. The smallest absolute Gasteiger partial charge is 0.469 e. The van der Waals surface area contributed by atoms with E-state index in [9.17, 15) is 25.9 Å². The number of hydrogen-bond donors (Lipinski definition) is 0. The van der Waals surface area contributed by atoms with Crippen LogP contribution in [0.3, 0.4) is 0 Å². The third kappa shape index (κ3) is 4.76. The number of alkyl halides is 2. The van der Waals surface area contributed by atoms with E-state index in [0.717, 1.165) is 0 Å². The molecule has 0 radical (unpaired) electrons. The summed E-state index contributed by atoms with van der Waals surface area (Å²) in [5.74, 6) is -2.28. The molecule has 0 N–H and O–H groups in total. The van der Waals surface area contributed by atoms with Crippen LogP contribution in [0.25, 0.3) is 0 Å². The van der Waals surface area contributed by atoms with Gasteiger partial charge in [0.05, 0.1) is 0 Å². The quantitative estimate of drug-likeness (QED) is 0.477. The second-order valence-corrected chi connectivity index (χ2v) is 10.2. The molecule has 0 saturated carbocycles. The summed E-state index contributed by atoms with van der Waals surface area (Å²) >= 11 is 0. The van der Waals surface area contributed by atoms with Gasteiger partial charge in [-0.25, -0.2) is 4.79 Å². The molecular weight excluding hydrogens is 313 g/mol. The van der Waals surface area contributed by atoms with Crippen LogP contribution in [0, 0.1) is 0 Å². The molecule has 0 unspecified atom stereocenters. The van der Waals surface area contributed by atoms with Gasteiger partial charge in [0.15, 0.2) is 0 Å². The maximum Gasteiger partial charge on any atom is 0.469 e. The van der Waals surface area contributed by atoms with Crippen LogP contribution in [0.5, 0.6) is 0 Å². The van der Waals surface area contributed by atoms with Crippen molar-refractivity contribution < 1.29 is 30.3 Å². The van der Waals surface area contributed by atoms with Crippen LogP contribution in [0.1, 0.15) is 40.0 Å². The van der Waals surface area contributed by atoms with Gasteiger partial charge in [-0.15, -0.1) is 0 Å². The fourth-order valence-corrected chi connectivity index (χ4v) is 6.88. The Labute approximate surface area is 119 Å². The molecule has 120 valence electrons. The Bertz CT molecular complexity index is 408. The molecule has 0 aliphatic carbocycles. The van der Waals surface area contributed by atoms with Crippen molar-refractivity contribution in [1.29, 1.82) is 0 Å². The predicted molar refractivity (Wildman–Crippen MR) is 72.1 cm³/mol. The number of hydrogen-bond acceptors (Lipinski definition) is 4. The Kier molecular flexibility index (Phi) is 7.23. The van der Waals surface area contributed by atoms with Crippen molar-refractivity contribution in [2.75, 3.05) is 0 Å². The molecule has 0 spiro atoms. The van der Waals surface area contributed by atoms with E-state index in [2.05, 4.69) is 0 Å². The lowest BCUT2D eigenvalue weighted by Gasteiger charge is -2.31. The van der Waals surface area contributed by atoms with E-state index in [1.54, 1.807) is 0 Å². The van der Waals surface area contributed by atoms with E-state index in [4.69, 9.17) is 4.43 Å². The molecule has 0 amide bonds. The van der Waals surface area contributed by atoms with Crippen molar-refractivity contribution >= 4 is 24.5 Å². The Morgan fingerprint density at radius 3 is 1.65 bits per heavy atom. The van der Waals surface area contributed by atoms with Crippen LogP contribution < -0.4 is 0 Å². The zero-order valence-electron chi connectivity index (χ0n) is 11.9. The van der Waals surface area contributed by atoms with Gasteiger partial charge >= 0.3 is 21.4 Å². The Morgan fingerprint density at radius 2 is 1.40 bits per heavy atom. The van der Waals surface area contributed by atoms with E-state index < -0.39 is 29.8 Å². The third-order valence-electron chi connectivity index (χ3n) is 2.97. The lowest BCUT2D eigenvalue weighted by molar-refractivity contribution is -0.152. The summed E-state index contributed by atoms with van der Waals surface area (Å²) in [6.07, 6.45) is 1.90.